The summed E-state index contributed by atoms with van der Waals surface area (Å²) in [4.78, 5) is 10.3. The molecule has 9 heteroatoms. The molecule has 8 nitrogen and oxygen atoms in total. The van der Waals surface area contributed by atoms with Gasteiger partial charge in [0.1, 0.15) is 6.07 Å². The molecule has 0 aliphatic heterocycles. The molecule has 0 unspecified atom stereocenters. The van der Waals surface area contributed by atoms with Crippen LogP contribution in [0.5, 0.6) is 0 Å². The summed E-state index contributed by atoms with van der Waals surface area (Å²) in [6, 6.07) is 6.06. The lowest BCUT2D eigenvalue weighted by atomic mass is 10.1. The molecule has 0 aromatic heterocycles. The number of hydrogen-bond donors (Lipinski definition) is 3. The van der Waals surface area contributed by atoms with E-state index in [1.54, 1.807) is 12.1 Å². The molecule has 0 radical (unpaired) electrons. The van der Waals surface area contributed by atoms with Gasteiger partial charge in [0, 0.05) is 11.4 Å². The average Bonchev–Trinajstić information content (AvgIpc) is 2.38. The molecule has 0 fully saturated rings. The SMILES string of the molecule is N#C/C(=N\Nc1cccc([N+](=O)[O-])c1CBr)C(=N)N. The van der Waals surface area contributed by atoms with Crippen LogP contribution in [0.1, 0.15) is 5.56 Å². The highest BCUT2D eigenvalue weighted by Gasteiger charge is 2.16. The largest absolute Gasteiger partial charge is 0.382 e. The molecule has 0 saturated carbocycles. The van der Waals surface area contributed by atoms with Crippen molar-refractivity contribution < 1.29 is 4.92 Å². The average molecular weight is 325 g/mol. The van der Waals surface area contributed by atoms with E-state index in [4.69, 9.17) is 16.4 Å². The van der Waals surface area contributed by atoms with Gasteiger partial charge in [0.15, 0.2) is 5.84 Å². The van der Waals surface area contributed by atoms with Crippen molar-refractivity contribution in [2.24, 2.45) is 10.8 Å². The zero-order valence-electron chi connectivity index (χ0n) is 9.55. The van der Waals surface area contributed by atoms with Crippen molar-refractivity contribution in [3.63, 3.8) is 0 Å². The molecule has 0 atom stereocenters. The van der Waals surface area contributed by atoms with E-state index < -0.39 is 10.8 Å². The Hall–Kier alpha value is -2.47. The zero-order chi connectivity index (χ0) is 14.4. The number of rotatable bonds is 5. The quantitative estimate of drug-likeness (QED) is 0.248. The number of nitrogens with one attached hydrogen (secondary N) is 2. The molecule has 1 rings (SSSR count). The van der Waals surface area contributed by atoms with Crippen molar-refractivity contribution >= 4 is 38.9 Å². The Morgan fingerprint density at radius 2 is 2.37 bits per heavy atom. The molecule has 0 bridgehead atoms. The minimum absolute atomic E-state index is 0.0709. The molecule has 19 heavy (non-hydrogen) atoms. The fraction of sp³-hybridized carbons (Fsp3) is 0.100. The number of alkyl halides is 1. The van der Waals surface area contributed by atoms with Crippen molar-refractivity contribution in [1.82, 2.24) is 0 Å². The predicted octanol–water partition coefficient (Wildman–Crippen LogP) is 1.72. The maximum atomic E-state index is 10.9. The van der Waals surface area contributed by atoms with Gasteiger partial charge in [-0.05, 0) is 6.07 Å². The maximum Gasteiger partial charge on any atom is 0.275 e. The van der Waals surface area contributed by atoms with Crippen LogP contribution in [0, 0.1) is 26.9 Å². The standard InChI is InChI=1S/C10H9BrN6O2/c11-4-6-7(2-1-3-9(6)17(18)19)15-16-8(5-12)10(13)14/h1-3,15H,4H2,(H3,13,14)/b16-8+. The Kier molecular flexibility index (Phi) is 4.96. The van der Waals surface area contributed by atoms with Crippen molar-refractivity contribution in [2.75, 3.05) is 5.43 Å². The number of nitrogens with zero attached hydrogens (tertiary/aromatic N) is 3. The summed E-state index contributed by atoms with van der Waals surface area (Å²) < 4.78 is 0. The van der Waals surface area contributed by atoms with E-state index in [1.807, 2.05) is 0 Å². The topological polar surface area (TPSA) is 141 Å². The zero-order valence-corrected chi connectivity index (χ0v) is 11.1. The fourth-order valence-corrected chi connectivity index (χ4v) is 1.84. The third-order valence-electron chi connectivity index (χ3n) is 2.13. The Labute approximate surface area is 116 Å². The lowest BCUT2D eigenvalue weighted by Gasteiger charge is -2.07. The molecule has 1 aromatic carbocycles. The van der Waals surface area contributed by atoms with Crippen LogP contribution in [0.4, 0.5) is 11.4 Å². The Morgan fingerprint density at radius 3 is 2.84 bits per heavy atom. The summed E-state index contributed by atoms with van der Waals surface area (Å²) in [5, 5.41) is 30.5. The van der Waals surface area contributed by atoms with E-state index in [-0.39, 0.29) is 16.7 Å². The van der Waals surface area contributed by atoms with Gasteiger partial charge in [0.25, 0.3) is 5.69 Å². The molecule has 0 spiro atoms. The van der Waals surface area contributed by atoms with Crippen LogP contribution >= 0.6 is 15.9 Å². The van der Waals surface area contributed by atoms with E-state index >= 15 is 0 Å². The second kappa shape index (κ2) is 6.46. The Balaban J connectivity index is 3.16. The number of nitriles is 1. The van der Waals surface area contributed by atoms with Crippen LogP contribution in [0.25, 0.3) is 0 Å². The van der Waals surface area contributed by atoms with Gasteiger partial charge in [-0.2, -0.15) is 10.4 Å². The van der Waals surface area contributed by atoms with Gasteiger partial charge < -0.3 is 5.73 Å². The van der Waals surface area contributed by atoms with Gasteiger partial charge in [-0.15, -0.1) is 0 Å². The van der Waals surface area contributed by atoms with Crippen LogP contribution in [0.2, 0.25) is 0 Å². The van der Waals surface area contributed by atoms with Gasteiger partial charge in [-0.25, -0.2) is 0 Å². The summed E-state index contributed by atoms with van der Waals surface area (Å²) >= 11 is 3.16. The van der Waals surface area contributed by atoms with Crippen LogP contribution < -0.4 is 11.2 Å². The normalized spacial score (nSPS) is 10.6. The van der Waals surface area contributed by atoms with Crippen LogP contribution in [0.15, 0.2) is 23.3 Å². The first-order chi connectivity index (χ1) is 9.01. The van der Waals surface area contributed by atoms with E-state index in [2.05, 4.69) is 26.5 Å². The summed E-state index contributed by atoms with van der Waals surface area (Å²) in [6.07, 6.45) is 0. The maximum absolute atomic E-state index is 10.9. The van der Waals surface area contributed by atoms with Crippen molar-refractivity contribution in [3.8, 4) is 6.07 Å². The molecule has 0 amide bonds. The molecule has 0 saturated heterocycles. The number of hydrogen-bond acceptors (Lipinski definition) is 6. The number of anilines is 1. The highest BCUT2D eigenvalue weighted by Crippen LogP contribution is 2.28. The first-order valence-electron chi connectivity index (χ1n) is 4.91. The first kappa shape index (κ1) is 14.6. The number of hydrazone groups is 1. The van der Waals surface area contributed by atoms with E-state index in [0.29, 0.717) is 11.3 Å². The summed E-state index contributed by atoms with van der Waals surface area (Å²) in [6.45, 7) is 0. The van der Waals surface area contributed by atoms with E-state index in [0.717, 1.165) is 0 Å². The van der Waals surface area contributed by atoms with E-state index in [1.165, 1.54) is 12.1 Å². The smallest absolute Gasteiger partial charge is 0.275 e. The molecule has 0 aliphatic rings. The fourth-order valence-electron chi connectivity index (χ4n) is 1.25. The molecular formula is C10H9BrN6O2. The summed E-state index contributed by atoms with van der Waals surface area (Å²) in [5.41, 5.74) is 8.01. The lowest BCUT2D eigenvalue weighted by molar-refractivity contribution is -0.385. The molecule has 0 aliphatic carbocycles. The summed E-state index contributed by atoms with van der Waals surface area (Å²) in [7, 11) is 0. The van der Waals surface area contributed by atoms with E-state index in [9.17, 15) is 10.1 Å². The van der Waals surface area contributed by atoms with Crippen molar-refractivity contribution in [3.05, 3.63) is 33.9 Å². The van der Waals surface area contributed by atoms with Crippen LogP contribution in [-0.2, 0) is 5.33 Å². The first-order valence-corrected chi connectivity index (χ1v) is 6.03. The molecule has 98 valence electrons. The third kappa shape index (κ3) is 3.49. The minimum atomic E-state index is -0.512. The lowest BCUT2D eigenvalue weighted by Crippen LogP contribution is -2.22. The van der Waals surface area contributed by atoms with Gasteiger partial charge >= 0.3 is 0 Å². The number of halogens is 1. The molecular weight excluding hydrogens is 316 g/mol. The van der Waals surface area contributed by atoms with Gasteiger partial charge in [0.05, 0.1) is 16.2 Å². The predicted molar refractivity (Wildman–Crippen MR) is 74.3 cm³/mol. The van der Waals surface area contributed by atoms with Gasteiger partial charge in [0.2, 0.25) is 5.71 Å². The highest BCUT2D eigenvalue weighted by molar-refractivity contribution is 9.08. The monoisotopic (exact) mass is 324 g/mol. The molecule has 1 aromatic rings. The molecule has 0 heterocycles. The minimum Gasteiger partial charge on any atom is -0.382 e. The second-order valence-electron chi connectivity index (χ2n) is 3.29. The number of nitrogens with two attached hydrogens (primary N) is 1. The number of nitro groups is 1. The van der Waals surface area contributed by atoms with Crippen LogP contribution in [0.3, 0.4) is 0 Å². The number of amidine groups is 1. The van der Waals surface area contributed by atoms with Gasteiger partial charge in [-0.1, -0.05) is 22.0 Å². The Bertz CT molecular complexity index is 592. The van der Waals surface area contributed by atoms with Crippen LogP contribution in [-0.4, -0.2) is 16.5 Å². The third-order valence-corrected chi connectivity index (χ3v) is 2.69. The summed E-state index contributed by atoms with van der Waals surface area (Å²) in [5.74, 6) is -0.485. The number of nitro benzene ring substituents is 1. The highest BCUT2D eigenvalue weighted by atomic mass is 79.9. The van der Waals surface area contributed by atoms with Gasteiger partial charge in [-0.3, -0.25) is 20.9 Å². The Morgan fingerprint density at radius 1 is 1.68 bits per heavy atom. The molecule has 4 N–H and O–H groups in total. The van der Waals surface area contributed by atoms with Crippen molar-refractivity contribution in [2.45, 2.75) is 5.33 Å². The van der Waals surface area contributed by atoms with Crippen molar-refractivity contribution in [1.29, 1.82) is 10.7 Å². The second-order valence-corrected chi connectivity index (χ2v) is 3.85. The number of benzene rings is 1.